The van der Waals surface area contributed by atoms with Gasteiger partial charge in [0.2, 0.25) is 0 Å². The van der Waals surface area contributed by atoms with Crippen LogP contribution in [0, 0.1) is 0 Å². The standard InChI is InChI=1S/C13H19F3N2O3/c14-13(15,16)12(6-7-12)18-10(21)17-11(8-9(19)20)4-2-1-3-5-11/h1-8H2,(H,19,20)(H2,17,18,21). The highest BCUT2D eigenvalue weighted by Gasteiger charge is 2.64. The Labute approximate surface area is 120 Å². The molecule has 2 saturated carbocycles. The molecule has 3 N–H and O–H groups in total. The lowest BCUT2D eigenvalue weighted by Gasteiger charge is -2.37. The van der Waals surface area contributed by atoms with E-state index in [1.807, 2.05) is 5.32 Å². The van der Waals surface area contributed by atoms with Gasteiger partial charge in [0.15, 0.2) is 0 Å². The van der Waals surface area contributed by atoms with E-state index in [4.69, 9.17) is 5.11 Å². The predicted octanol–water partition coefficient (Wildman–Crippen LogP) is 2.56. The van der Waals surface area contributed by atoms with Gasteiger partial charge >= 0.3 is 18.2 Å². The average molecular weight is 308 g/mol. The Bertz CT molecular complexity index is 427. The van der Waals surface area contributed by atoms with Crippen LogP contribution in [0.2, 0.25) is 0 Å². The summed E-state index contributed by atoms with van der Waals surface area (Å²) in [6.45, 7) is 0. The number of carbonyl (C=O) groups excluding carboxylic acids is 1. The number of hydrogen-bond acceptors (Lipinski definition) is 2. The van der Waals surface area contributed by atoms with Crippen molar-refractivity contribution >= 4 is 12.0 Å². The first kappa shape index (κ1) is 15.9. The molecular formula is C13H19F3N2O3. The van der Waals surface area contributed by atoms with E-state index in [9.17, 15) is 22.8 Å². The van der Waals surface area contributed by atoms with Crippen molar-refractivity contribution in [3.05, 3.63) is 0 Å². The molecule has 21 heavy (non-hydrogen) atoms. The summed E-state index contributed by atoms with van der Waals surface area (Å²) in [5, 5.41) is 13.5. The maximum absolute atomic E-state index is 12.8. The van der Waals surface area contributed by atoms with E-state index >= 15 is 0 Å². The van der Waals surface area contributed by atoms with Gasteiger partial charge in [0.05, 0.1) is 12.0 Å². The monoisotopic (exact) mass is 308 g/mol. The largest absolute Gasteiger partial charge is 0.481 e. The highest BCUT2D eigenvalue weighted by molar-refractivity contribution is 5.78. The van der Waals surface area contributed by atoms with Crippen molar-refractivity contribution in [2.75, 3.05) is 0 Å². The molecule has 5 nitrogen and oxygen atoms in total. The third-order valence-electron chi connectivity index (χ3n) is 4.32. The van der Waals surface area contributed by atoms with E-state index in [1.54, 1.807) is 0 Å². The number of alkyl halides is 3. The molecule has 2 aliphatic rings. The smallest absolute Gasteiger partial charge is 0.411 e. The van der Waals surface area contributed by atoms with Gasteiger partial charge in [-0.1, -0.05) is 19.3 Å². The van der Waals surface area contributed by atoms with Crippen LogP contribution in [0.4, 0.5) is 18.0 Å². The van der Waals surface area contributed by atoms with Crippen LogP contribution in [0.15, 0.2) is 0 Å². The normalized spacial score (nSPS) is 23.2. The first-order chi connectivity index (χ1) is 9.68. The summed E-state index contributed by atoms with van der Waals surface area (Å²) >= 11 is 0. The molecule has 2 aliphatic carbocycles. The number of carbonyl (C=O) groups is 2. The molecule has 0 heterocycles. The van der Waals surface area contributed by atoms with Gasteiger partial charge < -0.3 is 15.7 Å². The lowest BCUT2D eigenvalue weighted by molar-refractivity contribution is -0.163. The zero-order chi connectivity index (χ0) is 15.7. The molecule has 0 radical (unpaired) electrons. The van der Waals surface area contributed by atoms with E-state index < -0.39 is 29.3 Å². The minimum Gasteiger partial charge on any atom is -0.481 e. The molecular weight excluding hydrogens is 289 g/mol. The van der Waals surface area contributed by atoms with Crippen LogP contribution < -0.4 is 10.6 Å². The molecule has 0 atom stereocenters. The Morgan fingerprint density at radius 2 is 1.57 bits per heavy atom. The molecule has 0 saturated heterocycles. The number of halogens is 3. The zero-order valence-electron chi connectivity index (χ0n) is 11.6. The van der Waals surface area contributed by atoms with Crippen LogP contribution in [-0.4, -0.2) is 34.4 Å². The van der Waals surface area contributed by atoms with E-state index in [0.717, 1.165) is 19.3 Å². The topological polar surface area (TPSA) is 78.4 Å². The molecule has 0 aliphatic heterocycles. The SMILES string of the molecule is O=C(O)CC1(NC(=O)NC2(C(F)(F)F)CC2)CCCCC1. The number of urea groups is 1. The number of carboxylic acid groups (broad SMARTS) is 1. The number of hydrogen-bond donors (Lipinski definition) is 3. The van der Waals surface area contributed by atoms with Crippen LogP contribution in [0.1, 0.15) is 51.4 Å². The third kappa shape index (κ3) is 3.59. The molecule has 2 rings (SSSR count). The van der Waals surface area contributed by atoms with Crippen LogP contribution in [0.5, 0.6) is 0 Å². The number of rotatable bonds is 4. The van der Waals surface area contributed by atoms with Crippen molar-refractivity contribution in [1.29, 1.82) is 0 Å². The summed E-state index contributed by atoms with van der Waals surface area (Å²) < 4.78 is 38.4. The number of amides is 2. The summed E-state index contributed by atoms with van der Waals surface area (Å²) in [5.74, 6) is -1.06. The minimum absolute atomic E-state index is 0.129. The van der Waals surface area contributed by atoms with Gasteiger partial charge in [-0.3, -0.25) is 4.79 Å². The fraction of sp³-hybridized carbons (Fsp3) is 0.846. The van der Waals surface area contributed by atoms with E-state index in [2.05, 4.69) is 5.32 Å². The Morgan fingerprint density at radius 1 is 1.00 bits per heavy atom. The molecule has 0 bridgehead atoms. The van der Waals surface area contributed by atoms with Crippen LogP contribution in [0.3, 0.4) is 0 Å². The Hall–Kier alpha value is -1.47. The second kappa shape index (κ2) is 5.38. The number of nitrogens with one attached hydrogen (secondary N) is 2. The van der Waals surface area contributed by atoms with Gasteiger partial charge in [0, 0.05) is 0 Å². The lowest BCUT2D eigenvalue weighted by Crippen LogP contribution is -2.58. The summed E-state index contributed by atoms with van der Waals surface area (Å²) in [7, 11) is 0. The van der Waals surface area contributed by atoms with Gasteiger partial charge in [0.25, 0.3) is 0 Å². The molecule has 120 valence electrons. The van der Waals surface area contributed by atoms with Crippen LogP contribution in [0.25, 0.3) is 0 Å². The van der Waals surface area contributed by atoms with Gasteiger partial charge in [-0.05, 0) is 25.7 Å². The maximum Gasteiger partial charge on any atom is 0.411 e. The van der Waals surface area contributed by atoms with Crippen molar-refractivity contribution < 1.29 is 27.9 Å². The number of carboxylic acids is 1. The highest BCUT2D eigenvalue weighted by atomic mass is 19.4. The molecule has 8 heteroatoms. The molecule has 0 aromatic heterocycles. The predicted molar refractivity (Wildman–Crippen MR) is 67.8 cm³/mol. The molecule has 0 aromatic rings. The second-order valence-corrected chi connectivity index (χ2v) is 6.07. The quantitative estimate of drug-likeness (QED) is 0.747. The first-order valence-electron chi connectivity index (χ1n) is 7.07. The van der Waals surface area contributed by atoms with Crippen molar-refractivity contribution in [3.63, 3.8) is 0 Å². The molecule has 2 fully saturated rings. The van der Waals surface area contributed by atoms with Crippen molar-refractivity contribution in [3.8, 4) is 0 Å². The van der Waals surface area contributed by atoms with Crippen molar-refractivity contribution in [1.82, 2.24) is 10.6 Å². The average Bonchev–Trinajstić information content (AvgIpc) is 3.08. The van der Waals surface area contributed by atoms with E-state index in [1.165, 1.54) is 0 Å². The van der Waals surface area contributed by atoms with Gasteiger partial charge in [0.1, 0.15) is 5.54 Å². The molecule has 0 aromatic carbocycles. The van der Waals surface area contributed by atoms with E-state index in [0.29, 0.717) is 12.8 Å². The molecule has 0 spiro atoms. The van der Waals surface area contributed by atoms with Gasteiger partial charge in [-0.2, -0.15) is 13.2 Å². The first-order valence-corrected chi connectivity index (χ1v) is 7.07. The van der Waals surface area contributed by atoms with Crippen LogP contribution in [-0.2, 0) is 4.79 Å². The van der Waals surface area contributed by atoms with Crippen molar-refractivity contribution in [2.24, 2.45) is 0 Å². The summed E-state index contributed by atoms with van der Waals surface area (Å²) in [6.07, 6.45) is -1.58. The Balaban J connectivity index is 2.00. The van der Waals surface area contributed by atoms with Crippen molar-refractivity contribution in [2.45, 2.75) is 68.6 Å². The Morgan fingerprint density at radius 3 is 2.00 bits per heavy atom. The minimum atomic E-state index is -4.48. The second-order valence-electron chi connectivity index (χ2n) is 6.07. The maximum atomic E-state index is 12.8. The van der Waals surface area contributed by atoms with E-state index in [-0.39, 0.29) is 19.3 Å². The number of aliphatic carboxylic acids is 1. The molecule has 2 amide bonds. The summed E-state index contributed by atoms with van der Waals surface area (Å²) in [5.41, 5.74) is -3.06. The van der Waals surface area contributed by atoms with Gasteiger partial charge in [-0.25, -0.2) is 4.79 Å². The highest BCUT2D eigenvalue weighted by Crippen LogP contribution is 2.48. The summed E-state index contributed by atoms with van der Waals surface area (Å²) in [4.78, 5) is 22.8. The zero-order valence-corrected chi connectivity index (χ0v) is 11.6. The fourth-order valence-electron chi connectivity index (χ4n) is 2.96. The van der Waals surface area contributed by atoms with Crippen LogP contribution >= 0.6 is 0 Å². The molecule has 0 unspecified atom stereocenters. The fourth-order valence-corrected chi connectivity index (χ4v) is 2.96. The van der Waals surface area contributed by atoms with Gasteiger partial charge in [-0.15, -0.1) is 0 Å². The third-order valence-corrected chi connectivity index (χ3v) is 4.32. The Kier molecular flexibility index (Phi) is 4.08. The summed E-state index contributed by atoms with van der Waals surface area (Å²) in [6, 6.07) is -0.923. The lowest BCUT2D eigenvalue weighted by atomic mass is 9.79.